The standard InChI is InChI=1S/C26H25ClN2O3S/c1-3-14-28(26(31)19-6-10-21(32-2)11-7-19)17-24(30)29-15-12-23-22(13-16-33-23)25(29)18-4-8-20(27)9-5-18/h3-11,13,16,25H,1,12,14-15,17H2,2H3. The first kappa shape index (κ1) is 23.1. The number of carbonyl (C=O) groups excluding carboxylic acids is 2. The van der Waals surface area contributed by atoms with Crippen molar-refractivity contribution in [3.63, 3.8) is 0 Å². The van der Waals surface area contributed by atoms with Gasteiger partial charge in [-0.1, -0.05) is 29.8 Å². The second-order valence-electron chi connectivity index (χ2n) is 7.79. The maximum Gasteiger partial charge on any atom is 0.254 e. The lowest BCUT2D eigenvalue weighted by molar-refractivity contribution is -0.133. The van der Waals surface area contributed by atoms with Crippen LogP contribution in [0.5, 0.6) is 5.75 Å². The highest BCUT2D eigenvalue weighted by molar-refractivity contribution is 7.10. The number of carbonyl (C=O) groups is 2. The summed E-state index contributed by atoms with van der Waals surface area (Å²) >= 11 is 7.82. The Morgan fingerprint density at radius 3 is 2.58 bits per heavy atom. The van der Waals surface area contributed by atoms with Crippen LogP contribution in [0.15, 0.2) is 72.6 Å². The van der Waals surface area contributed by atoms with Gasteiger partial charge in [-0.15, -0.1) is 17.9 Å². The number of thiophene rings is 1. The molecule has 5 nitrogen and oxygen atoms in total. The minimum atomic E-state index is -0.220. The van der Waals surface area contributed by atoms with Gasteiger partial charge in [0.25, 0.3) is 5.91 Å². The normalized spacial score (nSPS) is 15.0. The number of benzene rings is 2. The minimum Gasteiger partial charge on any atom is -0.497 e. The Bertz CT molecular complexity index is 1140. The second-order valence-corrected chi connectivity index (χ2v) is 9.23. The van der Waals surface area contributed by atoms with Gasteiger partial charge in [0.05, 0.1) is 13.2 Å². The molecule has 33 heavy (non-hydrogen) atoms. The lowest BCUT2D eigenvalue weighted by Gasteiger charge is -2.37. The number of hydrogen-bond acceptors (Lipinski definition) is 4. The van der Waals surface area contributed by atoms with E-state index in [0.29, 0.717) is 22.9 Å². The van der Waals surface area contributed by atoms with Crippen molar-refractivity contribution in [1.82, 2.24) is 9.80 Å². The van der Waals surface area contributed by atoms with Crippen molar-refractivity contribution in [3.05, 3.63) is 99.2 Å². The fourth-order valence-electron chi connectivity index (χ4n) is 4.13. The molecule has 1 aliphatic rings. The van der Waals surface area contributed by atoms with Crippen LogP contribution in [0, 0.1) is 0 Å². The van der Waals surface area contributed by atoms with E-state index < -0.39 is 0 Å². The largest absolute Gasteiger partial charge is 0.497 e. The molecule has 4 rings (SSSR count). The van der Waals surface area contributed by atoms with Crippen LogP contribution in [0.25, 0.3) is 0 Å². The van der Waals surface area contributed by atoms with Gasteiger partial charge < -0.3 is 14.5 Å². The SMILES string of the molecule is C=CCN(CC(=O)N1CCc2sccc2C1c1ccc(Cl)cc1)C(=O)c1ccc(OC)cc1. The van der Waals surface area contributed by atoms with Crippen molar-refractivity contribution < 1.29 is 14.3 Å². The van der Waals surface area contributed by atoms with Crippen LogP contribution in [0.2, 0.25) is 5.02 Å². The zero-order chi connectivity index (χ0) is 23.4. The third-order valence-corrected chi connectivity index (χ3v) is 7.02. The second kappa shape index (κ2) is 10.2. The summed E-state index contributed by atoms with van der Waals surface area (Å²) < 4.78 is 5.17. The van der Waals surface area contributed by atoms with Gasteiger partial charge in [-0.3, -0.25) is 9.59 Å². The summed E-state index contributed by atoms with van der Waals surface area (Å²) in [4.78, 5) is 31.4. The van der Waals surface area contributed by atoms with E-state index in [1.165, 1.54) is 9.78 Å². The van der Waals surface area contributed by atoms with Gasteiger partial charge >= 0.3 is 0 Å². The Morgan fingerprint density at radius 2 is 1.91 bits per heavy atom. The Labute approximate surface area is 202 Å². The monoisotopic (exact) mass is 480 g/mol. The molecule has 1 unspecified atom stereocenters. The summed E-state index contributed by atoms with van der Waals surface area (Å²) in [6, 6.07) is 16.4. The third kappa shape index (κ3) is 4.97. The number of amides is 2. The molecule has 1 aromatic heterocycles. The molecule has 2 aromatic carbocycles. The van der Waals surface area contributed by atoms with Crippen molar-refractivity contribution >= 4 is 34.8 Å². The summed E-state index contributed by atoms with van der Waals surface area (Å²) in [5.41, 5.74) is 2.64. The summed E-state index contributed by atoms with van der Waals surface area (Å²) in [5.74, 6) is 0.348. The van der Waals surface area contributed by atoms with E-state index in [2.05, 4.69) is 18.0 Å². The molecule has 2 heterocycles. The lowest BCUT2D eigenvalue weighted by atomic mass is 9.93. The van der Waals surface area contributed by atoms with Crippen LogP contribution >= 0.6 is 22.9 Å². The first-order valence-electron chi connectivity index (χ1n) is 10.7. The van der Waals surface area contributed by atoms with Crippen molar-refractivity contribution in [2.24, 2.45) is 0 Å². The summed E-state index contributed by atoms with van der Waals surface area (Å²) in [5, 5.41) is 2.72. The van der Waals surface area contributed by atoms with Crippen LogP contribution in [0.1, 0.15) is 32.4 Å². The van der Waals surface area contributed by atoms with Crippen molar-refractivity contribution in [2.45, 2.75) is 12.5 Å². The summed E-state index contributed by atoms with van der Waals surface area (Å²) in [6.07, 6.45) is 2.44. The van der Waals surface area contributed by atoms with Gasteiger partial charge in [0, 0.05) is 28.6 Å². The maximum absolute atomic E-state index is 13.6. The molecule has 170 valence electrons. The lowest BCUT2D eigenvalue weighted by Crippen LogP contribution is -2.46. The average molecular weight is 481 g/mol. The van der Waals surface area contributed by atoms with E-state index in [4.69, 9.17) is 16.3 Å². The first-order chi connectivity index (χ1) is 16.0. The predicted octanol–water partition coefficient (Wildman–Crippen LogP) is 5.21. The molecule has 0 saturated heterocycles. The Kier molecular flexibility index (Phi) is 7.16. The smallest absolute Gasteiger partial charge is 0.254 e. The molecule has 7 heteroatoms. The van der Waals surface area contributed by atoms with Gasteiger partial charge in [0.2, 0.25) is 5.91 Å². The fraction of sp³-hybridized carbons (Fsp3) is 0.231. The molecule has 0 bridgehead atoms. The van der Waals surface area contributed by atoms with E-state index in [9.17, 15) is 9.59 Å². The molecule has 0 N–H and O–H groups in total. The predicted molar refractivity (Wildman–Crippen MR) is 132 cm³/mol. The summed E-state index contributed by atoms with van der Waals surface area (Å²) in [7, 11) is 1.58. The number of rotatable bonds is 7. The number of nitrogens with zero attached hydrogens (tertiary/aromatic N) is 2. The summed E-state index contributed by atoms with van der Waals surface area (Å²) in [6.45, 7) is 4.61. The topological polar surface area (TPSA) is 49.9 Å². The number of methoxy groups -OCH3 is 1. The molecular formula is C26H25ClN2O3S. The van der Waals surface area contributed by atoms with Crippen LogP contribution in [-0.2, 0) is 11.2 Å². The zero-order valence-electron chi connectivity index (χ0n) is 18.4. The van der Waals surface area contributed by atoms with Crippen LogP contribution in [0.3, 0.4) is 0 Å². The highest BCUT2D eigenvalue weighted by Gasteiger charge is 2.34. The molecule has 0 radical (unpaired) electrons. The Morgan fingerprint density at radius 1 is 1.18 bits per heavy atom. The van der Waals surface area contributed by atoms with Crippen LogP contribution in [-0.4, -0.2) is 48.4 Å². The molecule has 0 fully saturated rings. The van der Waals surface area contributed by atoms with Gasteiger partial charge in [0.15, 0.2) is 0 Å². The maximum atomic E-state index is 13.6. The molecule has 1 atom stereocenters. The number of halogens is 1. The molecule has 3 aromatic rings. The van der Waals surface area contributed by atoms with Crippen LogP contribution < -0.4 is 4.74 Å². The molecule has 0 saturated carbocycles. The quantitative estimate of drug-likeness (QED) is 0.436. The van der Waals surface area contributed by atoms with E-state index in [1.54, 1.807) is 48.8 Å². The highest BCUT2D eigenvalue weighted by atomic mass is 35.5. The van der Waals surface area contributed by atoms with E-state index >= 15 is 0 Å². The van der Waals surface area contributed by atoms with Gasteiger partial charge in [-0.05, 0) is 65.4 Å². The Hall–Kier alpha value is -3.09. The van der Waals surface area contributed by atoms with Crippen LogP contribution in [0.4, 0.5) is 0 Å². The number of ether oxygens (including phenoxy) is 1. The molecule has 0 spiro atoms. The number of hydrogen-bond donors (Lipinski definition) is 0. The third-order valence-electron chi connectivity index (χ3n) is 5.77. The Balaban J connectivity index is 1.59. The zero-order valence-corrected chi connectivity index (χ0v) is 19.9. The number of fused-ring (bicyclic) bond motifs is 1. The first-order valence-corrected chi connectivity index (χ1v) is 11.9. The van der Waals surface area contributed by atoms with Crippen molar-refractivity contribution in [3.8, 4) is 5.75 Å². The average Bonchev–Trinajstić information content (AvgIpc) is 3.32. The minimum absolute atomic E-state index is 0.0273. The van der Waals surface area contributed by atoms with Crippen molar-refractivity contribution in [1.29, 1.82) is 0 Å². The van der Waals surface area contributed by atoms with Gasteiger partial charge in [-0.25, -0.2) is 0 Å². The highest BCUT2D eigenvalue weighted by Crippen LogP contribution is 2.38. The van der Waals surface area contributed by atoms with E-state index in [-0.39, 0.29) is 30.9 Å². The van der Waals surface area contributed by atoms with E-state index in [1.807, 2.05) is 29.2 Å². The molecule has 2 amide bonds. The fourth-order valence-corrected chi connectivity index (χ4v) is 5.16. The molecule has 0 aliphatic carbocycles. The van der Waals surface area contributed by atoms with Gasteiger partial charge in [-0.2, -0.15) is 0 Å². The van der Waals surface area contributed by atoms with Crippen molar-refractivity contribution in [2.75, 3.05) is 26.7 Å². The van der Waals surface area contributed by atoms with Gasteiger partial charge in [0.1, 0.15) is 12.3 Å². The molecule has 1 aliphatic heterocycles. The van der Waals surface area contributed by atoms with E-state index in [0.717, 1.165) is 17.5 Å². The molecular weight excluding hydrogens is 456 g/mol.